The van der Waals surface area contributed by atoms with Gasteiger partial charge in [-0.15, -0.1) is 11.3 Å². The molecule has 6 nitrogen and oxygen atoms in total. The Balaban J connectivity index is 1.51. The smallest absolute Gasteiger partial charge is 0.226 e. The standard InChI is InChI=1S/C22H27N3O3S2/c1-22(2,3)30(27,28)23-14-7-6-13-20(26)25-21-24-19(15-29-21)18-12-8-10-16-9-4-5-11-17(16)18/h4-5,8-12,15,23H,6-7,13-14H2,1-3H3,(H,24,25,26). The molecule has 0 aliphatic carbocycles. The van der Waals surface area contributed by atoms with E-state index in [2.05, 4.69) is 33.2 Å². The van der Waals surface area contributed by atoms with Gasteiger partial charge in [-0.2, -0.15) is 0 Å². The van der Waals surface area contributed by atoms with Crippen LogP contribution in [0.4, 0.5) is 5.13 Å². The highest BCUT2D eigenvalue weighted by Crippen LogP contribution is 2.31. The molecule has 2 N–H and O–H groups in total. The molecule has 0 unspecified atom stereocenters. The highest BCUT2D eigenvalue weighted by atomic mass is 32.2. The van der Waals surface area contributed by atoms with Gasteiger partial charge in [0.1, 0.15) is 0 Å². The third-order valence-electron chi connectivity index (χ3n) is 4.75. The van der Waals surface area contributed by atoms with E-state index in [4.69, 9.17) is 0 Å². The largest absolute Gasteiger partial charge is 0.302 e. The second-order valence-corrected chi connectivity index (χ2v) is 11.5. The average molecular weight is 446 g/mol. The predicted octanol–water partition coefficient (Wildman–Crippen LogP) is 4.79. The van der Waals surface area contributed by atoms with Crippen molar-refractivity contribution in [3.05, 3.63) is 47.8 Å². The second-order valence-electron chi connectivity index (χ2n) is 8.08. The van der Waals surface area contributed by atoms with E-state index >= 15 is 0 Å². The molecule has 0 radical (unpaired) electrons. The van der Waals surface area contributed by atoms with Crippen LogP contribution >= 0.6 is 11.3 Å². The van der Waals surface area contributed by atoms with Crippen molar-refractivity contribution in [2.45, 2.75) is 44.8 Å². The van der Waals surface area contributed by atoms with Gasteiger partial charge in [0.2, 0.25) is 15.9 Å². The monoisotopic (exact) mass is 445 g/mol. The molecule has 0 atom stereocenters. The average Bonchev–Trinajstić information content (AvgIpc) is 3.14. The highest BCUT2D eigenvalue weighted by Gasteiger charge is 2.27. The Hall–Kier alpha value is -2.29. The first-order valence-corrected chi connectivity index (χ1v) is 12.3. The summed E-state index contributed by atoms with van der Waals surface area (Å²) in [4.78, 5) is 16.8. The second kappa shape index (κ2) is 9.24. The summed E-state index contributed by atoms with van der Waals surface area (Å²) in [5.41, 5.74) is 1.87. The molecule has 8 heteroatoms. The van der Waals surface area contributed by atoms with Gasteiger partial charge in [0.15, 0.2) is 5.13 Å². The fourth-order valence-corrected chi connectivity index (χ4v) is 4.49. The molecule has 3 aromatic rings. The van der Waals surface area contributed by atoms with E-state index in [9.17, 15) is 13.2 Å². The van der Waals surface area contributed by atoms with Gasteiger partial charge in [0, 0.05) is 23.9 Å². The van der Waals surface area contributed by atoms with Crippen molar-refractivity contribution in [2.75, 3.05) is 11.9 Å². The molecule has 0 bridgehead atoms. The van der Waals surface area contributed by atoms with Crippen LogP contribution in [0.1, 0.15) is 40.0 Å². The Labute approximate surface area is 181 Å². The van der Waals surface area contributed by atoms with Crippen molar-refractivity contribution in [3.63, 3.8) is 0 Å². The first-order chi connectivity index (χ1) is 14.2. The summed E-state index contributed by atoms with van der Waals surface area (Å²) in [6, 6.07) is 14.2. The van der Waals surface area contributed by atoms with Gasteiger partial charge in [-0.1, -0.05) is 42.5 Å². The Bertz CT molecular complexity index is 1130. The van der Waals surface area contributed by atoms with Gasteiger partial charge < -0.3 is 5.32 Å². The molecule has 3 rings (SSSR count). The third-order valence-corrected chi connectivity index (χ3v) is 7.70. The molecule has 30 heavy (non-hydrogen) atoms. The molecule has 0 aliphatic rings. The number of hydrogen-bond acceptors (Lipinski definition) is 5. The van der Waals surface area contributed by atoms with Crippen molar-refractivity contribution < 1.29 is 13.2 Å². The predicted molar refractivity (Wildman–Crippen MR) is 124 cm³/mol. The minimum Gasteiger partial charge on any atom is -0.302 e. The van der Waals surface area contributed by atoms with Gasteiger partial charge in [0.05, 0.1) is 10.4 Å². The molecule has 0 aliphatic heterocycles. The number of aromatic nitrogens is 1. The van der Waals surface area contributed by atoms with Crippen LogP contribution in [0, 0.1) is 0 Å². The highest BCUT2D eigenvalue weighted by molar-refractivity contribution is 7.90. The number of benzene rings is 2. The number of anilines is 1. The Kier molecular flexibility index (Phi) is 6.90. The Morgan fingerprint density at radius 1 is 1.07 bits per heavy atom. The summed E-state index contributed by atoms with van der Waals surface area (Å²) in [7, 11) is -3.35. The molecular weight excluding hydrogens is 418 g/mol. The number of unbranched alkanes of at least 4 members (excludes halogenated alkanes) is 1. The number of amides is 1. The Morgan fingerprint density at radius 2 is 1.80 bits per heavy atom. The topological polar surface area (TPSA) is 88.2 Å². The summed E-state index contributed by atoms with van der Waals surface area (Å²) in [6.07, 6.45) is 1.52. The number of fused-ring (bicyclic) bond motifs is 1. The molecule has 1 aromatic heterocycles. The van der Waals surface area contributed by atoms with Crippen LogP contribution in [0.3, 0.4) is 0 Å². The van der Waals surface area contributed by atoms with Crippen LogP contribution in [0.25, 0.3) is 22.0 Å². The quantitative estimate of drug-likeness (QED) is 0.488. The van der Waals surface area contributed by atoms with Gasteiger partial charge in [-0.3, -0.25) is 4.79 Å². The van der Waals surface area contributed by atoms with Crippen LogP contribution in [-0.4, -0.2) is 30.6 Å². The fourth-order valence-electron chi connectivity index (χ4n) is 2.92. The van der Waals surface area contributed by atoms with E-state index in [1.54, 1.807) is 20.8 Å². The van der Waals surface area contributed by atoms with E-state index in [1.807, 2.05) is 29.6 Å². The lowest BCUT2D eigenvalue weighted by molar-refractivity contribution is -0.116. The number of carbonyl (C=O) groups excluding carboxylic acids is 1. The van der Waals surface area contributed by atoms with Crippen molar-refractivity contribution >= 4 is 43.2 Å². The molecule has 2 aromatic carbocycles. The van der Waals surface area contributed by atoms with Gasteiger partial charge in [0.25, 0.3) is 0 Å². The van der Waals surface area contributed by atoms with Gasteiger partial charge in [-0.25, -0.2) is 18.1 Å². The number of nitrogens with zero attached hydrogens (tertiary/aromatic N) is 1. The summed E-state index contributed by atoms with van der Waals surface area (Å²) in [6.45, 7) is 5.30. The van der Waals surface area contributed by atoms with Crippen LogP contribution in [0.2, 0.25) is 0 Å². The van der Waals surface area contributed by atoms with Crippen LogP contribution in [0.5, 0.6) is 0 Å². The molecule has 1 heterocycles. The summed E-state index contributed by atoms with van der Waals surface area (Å²) >= 11 is 1.40. The lowest BCUT2D eigenvalue weighted by Gasteiger charge is -2.19. The van der Waals surface area contributed by atoms with E-state index in [0.29, 0.717) is 30.9 Å². The van der Waals surface area contributed by atoms with Gasteiger partial charge in [-0.05, 0) is 44.4 Å². The molecular formula is C22H27N3O3S2. The number of sulfonamides is 1. The number of hydrogen-bond donors (Lipinski definition) is 2. The SMILES string of the molecule is CC(C)(C)S(=O)(=O)NCCCCC(=O)Nc1nc(-c2cccc3ccccc23)cs1. The van der Waals surface area contributed by atoms with Crippen LogP contribution in [-0.2, 0) is 14.8 Å². The summed E-state index contributed by atoms with van der Waals surface area (Å²) in [5.74, 6) is -0.118. The number of rotatable bonds is 8. The zero-order valence-corrected chi connectivity index (χ0v) is 19.1. The van der Waals surface area contributed by atoms with E-state index in [1.165, 1.54) is 11.3 Å². The normalized spacial score (nSPS) is 12.2. The first kappa shape index (κ1) is 22.4. The van der Waals surface area contributed by atoms with Crippen molar-refractivity contribution in [1.82, 2.24) is 9.71 Å². The van der Waals surface area contributed by atoms with Crippen LogP contribution < -0.4 is 10.0 Å². The summed E-state index contributed by atoms with van der Waals surface area (Å²) < 4.78 is 25.7. The lowest BCUT2D eigenvalue weighted by Crippen LogP contribution is -2.39. The van der Waals surface area contributed by atoms with Gasteiger partial charge >= 0.3 is 0 Å². The lowest BCUT2D eigenvalue weighted by atomic mass is 10.0. The number of carbonyl (C=O) groups is 1. The van der Waals surface area contributed by atoms with Crippen molar-refractivity contribution in [3.8, 4) is 11.3 Å². The molecule has 160 valence electrons. The maximum atomic E-state index is 12.2. The van der Waals surface area contributed by atoms with E-state index in [-0.39, 0.29) is 5.91 Å². The fraction of sp³-hybridized carbons (Fsp3) is 0.364. The first-order valence-electron chi connectivity index (χ1n) is 9.90. The number of nitrogens with one attached hydrogen (secondary N) is 2. The van der Waals surface area contributed by atoms with Crippen molar-refractivity contribution in [1.29, 1.82) is 0 Å². The minimum absolute atomic E-state index is 0.118. The maximum absolute atomic E-state index is 12.2. The number of thiazole rings is 1. The van der Waals surface area contributed by atoms with E-state index < -0.39 is 14.8 Å². The third kappa shape index (κ3) is 5.44. The zero-order chi connectivity index (χ0) is 21.8. The molecule has 0 saturated carbocycles. The molecule has 1 amide bonds. The molecule has 0 saturated heterocycles. The molecule has 0 fully saturated rings. The van der Waals surface area contributed by atoms with Crippen LogP contribution in [0.15, 0.2) is 47.8 Å². The minimum atomic E-state index is -3.35. The Morgan fingerprint density at radius 3 is 2.57 bits per heavy atom. The molecule has 0 spiro atoms. The summed E-state index contributed by atoms with van der Waals surface area (Å²) in [5, 5.41) is 7.63. The van der Waals surface area contributed by atoms with Crippen molar-refractivity contribution in [2.24, 2.45) is 0 Å². The van der Waals surface area contributed by atoms with E-state index in [0.717, 1.165) is 22.0 Å². The maximum Gasteiger partial charge on any atom is 0.226 e. The zero-order valence-electron chi connectivity index (χ0n) is 17.4.